The van der Waals surface area contributed by atoms with E-state index in [4.69, 9.17) is 11.5 Å². The van der Waals surface area contributed by atoms with Crippen LogP contribution in [0.5, 0.6) is 5.75 Å². The summed E-state index contributed by atoms with van der Waals surface area (Å²) in [5, 5.41) is 9.87. The molecule has 1 rings (SSSR count). The largest absolute Gasteiger partial charge is 0.506 e. The summed E-state index contributed by atoms with van der Waals surface area (Å²) in [6.45, 7) is 0.634. The summed E-state index contributed by atoms with van der Waals surface area (Å²) in [7, 11) is 0. The van der Waals surface area contributed by atoms with Gasteiger partial charge in [0.25, 0.3) is 0 Å². The molecule has 0 bridgehead atoms. The minimum atomic E-state index is -0.128. The Balaban J connectivity index is 2.92. The molecule has 0 aliphatic rings. The van der Waals surface area contributed by atoms with Gasteiger partial charge in [0.2, 0.25) is 0 Å². The molecule has 0 unspecified atom stereocenters. The van der Waals surface area contributed by atoms with Crippen molar-refractivity contribution in [3.63, 3.8) is 0 Å². The van der Waals surface area contributed by atoms with Gasteiger partial charge in [-0.3, -0.25) is 0 Å². The van der Waals surface area contributed by atoms with Crippen LogP contribution in [0.4, 0.5) is 0 Å². The first-order valence-electron chi connectivity index (χ1n) is 4.69. The summed E-state index contributed by atoms with van der Waals surface area (Å²) in [6.07, 6.45) is 1.68. The van der Waals surface area contributed by atoms with Crippen LogP contribution in [0.15, 0.2) is 12.1 Å². The highest BCUT2D eigenvalue weighted by atomic mass is 127. The fourth-order valence-electron chi connectivity index (χ4n) is 1.36. The van der Waals surface area contributed by atoms with E-state index in [9.17, 15) is 5.11 Å². The van der Waals surface area contributed by atoms with Gasteiger partial charge in [-0.15, -0.1) is 0 Å². The molecule has 15 heavy (non-hydrogen) atoms. The molecule has 1 aromatic carbocycles. The van der Waals surface area contributed by atoms with Crippen molar-refractivity contribution >= 4 is 45.2 Å². The third-order valence-corrected chi connectivity index (χ3v) is 3.62. The quantitative estimate of drug-likeness (QED) is 0.640. The molecule has 0 heterocycles. The second-order valence-corrected chi connectivity index (χ2v) is 5.77. The molecule has 0 aliphatic carbocycles. The lowest BCUT2D eigenvalue weighted by atomic mass is 10.0. The molecule has 0 amide bonds. The van der Waals surface area contributed by atoms with Crippen LogP contribution >= 0.6 is 45.2 Å². The Morgan fingerprint density at radius 3 is 2.60 bits per heavy atom. The summed E-state index contributed by atoms with van der Waals surface area (Å²) < 4.78 is 1.94. The molecule has 84 valence electrons. The van der Waals surface area contributed by atoms with E-state index in [1.54, 1.807) is 0 Å². The second-order valence-electron chi connectivity index (χ2n) is 3.36. The van der Waals surface area contributed by atoms with Crippen molar-refractivity contribution in [3.8, 4) is 5.75 Å². The lowest BCUT2D eigenvalue weighted by molar-refractivity contribution is 0.453. The summed E-state index contributed by atoms with van der Waals surface area (Å²) in [6, 6.07) is 3.73. The zero-order chi connectivity index (χ0) is 11.4. The van der Waals surface area contributed by atoms with E-state index >= 15 is 0 Å². The van der Waals surface area contributed by atoms with Crippen LogP contribution in [0.1, 0.15) is 24.4 Å². The number of hydrogen-bond acceptors (Lipinski definition) is 3. The van der Waals surface area contributed by atoms with E-state index in [-0.39, 0.29) is 6.04 Å². The zero-order valence-corrected chi connectivity index (χ0v) is 12.5. The first-order valence-corrected chi connectivity index (χ1v) is 6.85. The normalized spacial score (nSPS) is 12.8. The number of halogens is 2. The maximum Gasteiger partial charge on any atom is 0.133 e. The van der Waals surface area contributed by atoms with Crippen LogP contribution in [-0.4, -0.2) is 11.7 Å². The highest BCUT2D eigenvalue weighted by Crippen LogP contribution is 2.31. The molecular formula is C10H14I2N2O. The molecule has 5 N–H and O–H groups in total. The average molecular weight is 432 g/mol. The van der Waals surface area contributed by atoms with Gasteiger partial charge in [0.1, 0.15) is 5.75 Å². The van der Waals surface area contributed by atoms with E-state index in [0.717, 1.165) is 25.5 Å². The van der Waals surface area contributed by atoms with Crippen LogP contribution in [0.25, 0.3) is 0 Å². The summed E-state index contributed by atoms with van der Waals surface area (Å²) in [4.78, 5) is 0. The van der Waals surface area contributed by atoms with Gasteiger partial charge in [0, 0.05) is 15.2 Å². The SMILES string of the molecule is NCCC[C@H](N)c1cc(I)cc(I)c1O. The number of aromatic hydroxyl groups is 1. The third kappa shape index (κ3) is 3.72. The lowest BCUT2D eigenvalue weighted by Crippen LogP contribution is -2.13. The Morgan fingerprint density at radius 2 is 2.00 bits per heavy atom. The van der Waals surface area contributed by atoms with E-state index in [0.29, 0.717) is 12.3 Å². The molecule has 0 saturated carbocycles. The van der Waals surface area contributed by atoms with Gasteiger partial charge >= 0.3 is 0 Å². The average Bonchev–Trinajstić information content (AvgIpc) is 2.19. The van der Waals surface area contributed by atoms with Crippen LogP contribution in [-0.2, 0) is 0 Å². The Labute approximate surface area is 117 Å². The van der Waals surface area contributed by atoms with Gasteiger partial charge in [-0.05, 0) is 76.7 Å². The van der Waals surface area contributed by atoms with Crippen LogP contribution in [0.3, 0.4) is 0 Å². The Kier molecular flexibility index (Phi) is 5.58. The Bertz CT molecular complexity index is 344. The first kappa shape index (κ1) is 13.5. The van der Waals surface area contributed by atoms with Crippen molar-refractivity contribution in [1.82, 2.24) is 0 Å². The van der Waals surface area contributed by atoms with Gasteiger partial charge in [-0.2, -0.15) is 0 Å². The molecule has 0 radical (unpaired) electrons. The monoisotopic (exact) mass is 432 g/mol. The Hall–Kier alpha value is 0.400. The molecule has 1 aromatic rings. The minimum Gasteiger partial charge on any atom is -0.506 e. The molecule has 5 heteroatoms. The van der Waals surface area contributed by atoms with Gasteiger partial charge in [-0.1, -0.05) is 0 Å². The smallest absolute Gasteiger partial charge is 0.133 e. The first-order chi connectivity index (χ1) is 7.06. The number of phenolic OH excluding ortho intramolecular Hbond substituents is 1. The molecule has 0 fully saturated rings. The minimum absolute atomic E-state index is 0.128. The number of rotatable bonds is 4. The third-order valence-electron chi connectivity index (χ3n) is 2.18. The number of benzene rings is 1. The molecule has 0 aromatic heterocycles. The maximum atomic E-state index is 9.87. The van der Waals surface area contributed by atoms with Crippen molar-refractivity contribution in [2.75, 3.05) is 6.54 Å². The van der Waals surface area contributed by atoms with E-state index in [1.165, 1.54) is 0 Å². The van der Waals surface area contributed by atoms with Crippen molar-refractivity contribution in [2.24, 2.45) is 11.5 Å². The maximum absolute atomic E-state index is 9.87. The van der Waals surface area contributed by atoms with Crippen molar-refractivity contribution in [2.45, 2.75) is 18.9 Å². The lowest BCUT2D eigenvalue weighted by Gasteiger charge is -2.14. The fraction of sp³-hybridized carbons (Fsp3) is 0.400. The predicted molar refractivity (Wildman–Crippen MR) is 78.8 cm³/mol. The van der Waals surface area contributed by atoms with E-state index in [2.05, 4.69) is 45.2 Å². The van der Waals surface area contributed by atoms with Crippen LogP contribution in [0, 0.1) is 7.14 Å². The molecule has 0 saturated heterocycles. The molecule has 0 spiro atoms. The van der Waals surface area contributed by atoms with Gasteiger partial charge in [0.05, 0.1) is 3.57 Å². The van der Waals surface area contributed by atoms with Crippen LogP contribution < -0.4 is 11.5 Å². The topological polar surface area (TPSA) is 72.3 Å². The highest BCUT2D eigenvalue weighted by Gasteiger charge is 2.13. The summed E-state index contributed by atoms with van der Waals surface area (Å²) in [5.74, 6) is 0.306. The van der Waals surface area contributed by atoms with Gasteiger partial charge in [0.15, 0.2) is 0 Å². The fourth-order valence-corrected chi connectivity index (χ4v) is 3.25. The standard InChI is InChI=1S/C10H14I2N2O/c11-6-4-7(9(14)2-1-3-13)10(15)8(12)5-6/h4-5,9,15H,1-3,13-14H2/t9-/m0/s1. The van der Waals surface area contributed by atoms with Crippen LogP contribution in [0.2, 0.25) is 0 Å². The Morgan fingerprint density at radius 1 is 1.33 bits per heavy atom. The number of phenols is 1. The second kappa shape index (κ2) is 6.21. The van der Waals surface area contributed by atoms with Crippen molar-refractivity contribution in [1.29, 1.82) is 0 Å². The van der Waals surface area contributed by atoms with Gasteiger partial charge < -0.3 is 16.6 Å². The molecule has 3 nitrogen and oxygen atoms in total. The summed E-state index contributed by atoms with van der Waals surface area (Å²) >= 11 is 4.33. The zero-order valence-electron chi connectivity index (χ0n) is 8.21. The molecular weight excluding hydrogens is 418 g/mol. The van der Waals surface area contributed by atoms with E-state index in [1.807, 2.05) is 12.1 Å². The summed E-state index contributed by atoms with van der Waals surface area (Å²) in [5.41, 5.74) is 12.2. The predicted octanol–water partition coefficient (Wildman–Crippen LogP) is 2.34. The number of nitrogens with two attached hydrogens (primary N) is 2. The van der Waals surface area contributed by atoms with Crippen molar-refractivity contribution < 1.29 is 5.11 Å². The molecule has 1 atom stereocenters. The van der Waals surface area contributed by atoms with Gasteiger partial charge in [-0.25, -0.2) is 0 Å². The van der Waals surface area contributed by atoms with E-state index < -0.39 is 0 Å². The molecule has 0 aliphatic heterocycles. The number of hydrogen-bond donors (Lipinski definition) is 3. The van der Waals surface area contributed by atoms with Crippen molar-refractivity contribution in [3.05, 3.63) is 24.8 Å². The highest BCUT2D eigenvalue weighted by molar-refractivity contribution is 14.1.